The van der Waals surface area contributed by atoms with Crippen molar-refractivity contribution < 1.29 is 14.1 Å². The topological polar surface area (TPSA) is 47.6 Å². The Morgan fingerprint density at radius 1 is 1.37 bits per heavy atom. The molecule has 1 N–H and O–H groups in total. The highest BCUT2D eigenvalue weighted by atomic mass is 16.7. The van der Waals surface area contributed by atoms with Gasteiger partial charge in [0, 0.05) is 6.92 Å². The molecule has 4 aliphatic rings. The maximum atomic E-state index is 11.2. The van der Waals surface area contributed by atoms with Gasteiger partial charge in [0.2, 0.25) is 5.91 Å². The minimum absolute atomic E-state index is 0.0376. The molecule has 19 heavy (non-hydrogen) atoms. The Labute approximate surface area is 115 Å². The third-order valence-electron chi connectivity index (χ3n) is 5.81. The molecule has 0 spiro atoms. The molecule has 4 fully saturated rings. The molecular formula is C14H24BNO3. The van der Waals surface area contributed by atoms with Gasteiger partial charge >= 0.3 is 7.12 Å². The van der Waals surface area contributed by atoms with Gasteiger partial charge in [0.1, 0.15) is 0 Å². The fraction of sp³-hybridized carbons (Fsp3) is 0.929. The van der Waals surface area contributed by atoms with Crippen LogP contribution in [0, 0.1) is 17.3 Å². The maximum Gasteiger partial charge on any atom is 0.481 e. The van der Waals surface area contributed by atoms with E-state index in [1.165, 1.54) is 13.3 Å². The third kappa shape index (κ3) is 1.78. The van der Waals surface area contributed by atoms with Gasteiger partial charge in [0.05, 0.1) is 17.6 Å². The summed E-state index contributed by atoms with van der Waals surface area (Å²) in [6.45, 7) is 10.4. The Bertz CT molecular complexity index is 413. The van der Waals surface area contributed by atoms with E-state index in [0.29, 0.717) is 11.3 Å². The standard InChI is InChI=1S/C14H24BNO3/c1-8(16-9(2)17)15-18-12-7-10-6-11(13(10,3)4)14(12,5)19-15/h8,10-12H,6-7H2,1-5H3,(H,16,17)/t8-,10-,11-,12+,14-/m0/s1. The highest BCUT2D eigenvalue weighted by Gasteiger charge is 2.68. The van der Waals surface area contributed by atoms with E-state index in [4.69, 9.17) is 9.31 Å². The first-order chi connectivity index (χ1) is 8.75. The molecule has 0 aromatic rings. The summed E-state index contributed by atoms with van der Waals surface area (Å²) in [6, 6.07) is 0. The zero-order chi connectivity index (χ0) is 14.0. The Morgan fingerprint density at radius 2 is 2.05 bits per heavy atom. The van der Waals surface area contributed by atoms with E-state index >= 15 is 0 Å². The van der Waals surface area contributed by atoms with Gasteiger partial charge in [0.25, 0.3) is 0 Å². The summed E-state index contributed by atoms with van der Waals surface area (Å²) in [4.78, 5) is 11.2. The normalized spacial score (nSPS) is 44.3. The quantitative estimate of drug-likeness (QED) is 0.774. The van der Waals surface area contributed by atoms with Gasteiger partial charge in [-0.2, -0.15) is 0 Å². The van der Waals surface area contributed by atoms with E-state index in [-0.39, 0.29) is 30.7 Å². The molecule has 2 bridgehead atoms. The summed E-state index contributed by atoms with van der Waals surface area (Å²) < 4.78 is 12.4. The molecule has 106 valence electrons. The Balaban J connectivity index is 1.75. The lowest BCUT2D eigenvalue weighted by molar-refractivity contribution is -0.199. The Hall–Kier alpha value is -0.545. The van der Waals surface area contributed by atoms with E-state index < -0.39 is 0 Å². The van der Waals surface area contributed by atoms with Crippen LogP contribution in [0.3, 0.4) is 0 Å². The van der Waals surface area contributed by atoms with E-state index in [1.54, 1.807) is 0 Å². The van der Waals surface area contributed by atoms with Gasteiger partial charge in [-0.05, 0) is 43.9 Å². The molecule has 3 saturated carbocycles. The van der Waals surface area contributed by atoms with Crippen molar-refractivity contribution >= 4 is 13.0 Å². The second kappa shape index (κ2) is 3.98. The number of carbonyl (C=O) groups is 1. The molecule has 5 heteroatoms. The van der Waals surface area contributed by atoms with Crippen LogP contribution in [-0.4, -0.2) is 30.7 Å². The van der Waals surface area contributed by atoms with Crippen LogP contribution in [-0.2, 0) is 14.1 Å². The zero-order valence-electron chi connectivity index (χ0n) is 12.5. The first-order valence-electron chi connectivity index (χ1n) is 7.35. The van der Waals surface area contributed by atoms with Crippen LogP contribution in [0.15, 0.2) is 0 Å². The van der Waals surface area contributed by atoms with Gasteiger partial charge in [0.15, 0.2) is 0 Å². The second-order valence-corrected chi connectivity index (χ2v) is 7.33. The molecule has 4 nitrogen and oxygen atoms in total. The lowest BCUT2D eigenvalue weighted by Crippen LogP contribution is -2.65. The summed E-state index contributed by atoms with van der Waals surface area (Å²) in [5, 5.41) is 2.87. The van der Waals surface area contributed by atoms with Crippen molar-refractivity contribution in [3.63, 3.8) is 0 Å². The van der Waals surface area contributed by atoms with E-state index in [0.717, 1.165) is 12.3 Å². The number of carbonyl (C=O) groups excluding carboxylic acids is 1. The number of nitrogens with one attached hydrogen (secondary N) is 1. The summed E-state index contributed by atoms with van der Waals surface area (Å²) in [7, 11) is -0.311. The Kier molecular flexibility index (Phi) is 2.82. The predicted molar refractivity (Wildman–Crippen MR) is 73.4 cm³/mol. The summed E-state index contributed by atoms with van der Waals surface area (Å²) in [5.74, 6) is 1.19. The third-order valence-corrected chi connectivity index (χ3v) is 5.81. The van der Waals surface area contributed by atoms with Gasteiger partial charge in [-0.25, -0.2) is 0 Å². The molecule has 1 saturated heterocycles. The number of hydrogen-bond donors (Lipinski definition) is 1. The molecule has 5 atom stereocenters. The summed E-state index contributed by atoms with van der Waals surface area (Å²) >= 11 is 0. The van der Waals surface area contributed by atoms with Gasteiger partial charge < -0.3 is 14.6 Å². The first kappa shape index (κ1) is 13.4. The highest BCUT2D eigenvalue weighted by Crippen LogP contribution is 2.65. The molecule has 1 aliphatic heterocycles. The monoisotopic (exact) mass is 265 g/mol. The predicted octanol–water partition coefficient (Wildman–Crippen LogP) is 1.78. The number of rotatable bonds is 2. The van der Waals surface area contributed by atoms with Crippen molar-refractivity contribution in [3.8, 4) is 0 Å². The molecule has 4 rings (SSSR count). The van der Waals surface area contributed by atoms with Crippen LogP contribution >= 0.6 is 0 Å². The van der Waals surface area contributed by atoms with Gasteiger partial charge in [-0.3, -0.25) is 4.79 Å². The van der Waals surface area contributed by atoms with Crippen LogP contribution < -0.4 is 5.32 Å². The molecule has 3 aliphatic carbocycles. The van der Waals surface area contributed by atoms with E-state index in [9.17, 15) is 4.79 Å². The number of hydrogen-bond acceptors (Lipinski definition) is 3. The van der Waals surface area contributed by atoms with Crippen molar-refractivity contribution in [2.24, 2.45) is 17.3 Å². The van der Waals surface area contributed by atoms with Gasteiger partial charge in [-0.15, -0.1) is 0 Å². The van der Waals surface area contributed by atoms with Crippen LogP contribution in [0.25, 0.3) is 0 Å². The fourth-order valence-corrected chi connectivity index (χ4v) is 4.50. The van der Waals surface area contributed by atoms with Crippen molar-refractivity contribution in [2.75, 3.05) is 0 Å². The van der Waals surface area contributed by atoms with Crippen molar-refractivity contribution in [1.82, 2.24) is 5.32 Å². The molecule has 0 unspecified atom stereocenters. The highest BCUT2D eigenvalue weighted by molar-refractivity contribution is 6.47. The van der Waals surface area contributed by atoms with Crippen LogP contribution in [0.2, 0.25) is 0 Å². The largest absolute Gasteiger partial charge is 0.481 e. The SMILES string of the molecule is CC(=O)N[C@@H](C)B1O[C@@H]2C[C@@H]3C[C@@H](C3(C)C)[C@]2(C)O1. The first-order valence-corrected chi connectivity index (χ1v) is 7.35. The average Bonchev–Trinajstić information content (AvgIpc) is 2.64. The number of amides is 1. The lowest BCUT2D eigenvalue weighted by Gasteiger charge is -2.64. The van der Waals surface area contributed by atoms with E-state index in [1.807, 2.05) is 6.92 Å². The zero-order valence-corrected chi connectivity index (χ0v) is 12.5. The molecule has 0 radical (unpaired) electrons. The lowest BCUT2D eigenvalue weighted by atomic mass is 9.43. The molecule has 1 amide bonds. The summed E-state index contributed by atoms with van der Waals surface area (Å²) in [5.41, 5.74) is 0.177. The average molecular weight is 265 g/mol. The van der Waals surface area contributed by atoms with Crippen LogP contribution in [0.5, 0.6) is 0 Å². The van der Waals surface area contributed by atoms with Crippen molar-refractivity contribution in [1.29, 1.82) is 0 Å². The molecule has 0 aromatic heterocycles. The maximum absolute atomic E-state index is 11.2. The fourth-order valence-electron chi connectivity index (χ4n) is 4.50. The molecule has 0 aromatic carbocycles. The molecular weight excluding hydrogens is 241 g/mol. The van der Waals surface area contributed by atoms with Crippen LogP contribution in [0.1, 0.15) is 47.5 Å². The van der Waals surface area contributed by atoms with Crippen LogP contribution in [0.4, 0.5) is 0 Å². The second-order valence-electron chi connectivity index (χ2n) is 7.33. The molecule has 1 heterocycles. The van der Waals surface area contributed by atoms with Gasteiger partial charge in [-0.1, -0.05) is 13.8 Å². The van der Waals surface area contributed by atoms with Crippen molar-refractivity contribution in [2.45, 2.75) is 65.1 Å². The smallest absolute Gasteiger partial charge is 0.404 e. The van der Waals surface area contributed by atoms with Crippen molar-refractivity contribution in [3.05, 3.63) is 0 Å². The summed E-state index contributed by atoms with van der Waals surface area (Å²) in [6.07, 6.45) is 2.53. The minimum Gasteiger partial charge on any atom is -0.404 e. The Morgan fingerprint density at radius 3 is 2.63 bits per heavy atom. The minimum atomic E-state index is -0.311. The van der Waals surface area contributed by atoms with E-state index in [2.05, 4.69) is 26.1 Å².